The van der Waals surface area contributed by atoms with Crippen molar-refractivity contribution in [3.8, 4) is 11.5 Å². The molecule has 2 aromatic carbocycles. The van der Waals surface area contributed by atoms with E-state index in [2.05, 4.69) is 20.9 Å². The number of carbonyl (C=O) groups excluding carboxylic acids is 1. The summed E-state index contributed by atoms with van der Waals surface area (Å²) in [7, 11) is 3.17. The van der Waals surface area contributed by atoms with Gasteiger partial charge in [-0.1, -0.05) is 39.4 Å². The van der Waals surface area contributed by atoms with Crippen LogP contribution in [0.3, 0.4) is 0 Å². The van der Waals surface area contributed by atoms with Gasteiger partial charge in [-0.25, -0.2) is 9.79 Å². The molecule has 0 unspecified atom stereocenters. The molecule has 0 bridgehead atoms. The molecule has 0 radical (unpaired) electrons. The molecule has 1 aromatic heterocycles. The number of hydrogen-bond donors (Lipinski definition) is 0. The van der Waals surface area contributed by atoms with E-state index in [1.807, 2.05) is 30.3 Å². The number of halogens is 1. The highest BCUT2D eigenvalue weighted by atomic mass is 79.9. The third kappa shape index (κ3) is 4.45. The maximum absolute atomic E-state index is 13.7. The van der Waals surface area contributed by atoms with Crippen LogP contribution in [0.25, 0.3) is 6.08 Å². The van der Waals surface area contributed by atoms with Crippen molar-refractivity contribution in [2.75, 3.05) is 20.8 Å². The summed E-state index contributed by atoms with van der Waals surface area (Å²) in [6, 6.07) is 12.2. The predicted octanol–water partition coefficient (Wildman–Crippen LogP) is 3.58. The van der Waals surface area contributed by atoms with Crippen LogP contribution in [0.4, 0.5) is 0 Å². The van der Waals surface area contributed by atoms with Crippen LogP contribution >= 0.6 is 27.3 Å². The molecule has 2 heterocycles. The zero-order valence-corrected chi connectivity index (χ0v) is 21.5. The van der Waals surface area contributed by atoms with Gasteiger partial charge in [0.15, 0.2) is 4.80 Å². The fraction of sp³-hybridized carbons (Fsp3) is 0.240. The maximum atomic E-state index is 13.7. The number of esters is 1. The van der Waals surface area contributed by atoms with Crippen LogP contribution in [0, 0.1) is 0 Å². The zero-order chi connectivity index (χ0) is 24.4. The van der Waals surface area contributed by atoms with Crippen LogP contribution in [0.1, 0.15) is 31.0 Å². The van der Waals surface area contributed by atoms with E-state index in [1.165, 1.54) is 11.3 Å². The molecule has 0 saturated heterocycles. The van der Waals surface area contributed by atoms with Crippen LogP contribution in [-0.4, -0.2) is 31.4 Å². The Balaban J connectivity index is 1.96. The Morgan fingerprint density at radius 2 is 1.91 bits per heavy atom. The van der Waals surface area contributed by atoms with E-state index in [0.29, 0.717) is 32.1 Å². The largest absolute Gasteiger partial charge is 0.497 e. The van der Waals surface area contributed by atoms with Crippen LogP contribution in [0.2, 0.25) is 0 Å². The van der Waals surface area contributed by atoms with Crippen molar-refractivity contribution in [2.24, 2.45) is 4.99 Å². The van der Waals surface area contributed by atoms with E-state index in [4.69, 9.17) is 14.2 Å². The summed E-state index contributed by atoms with van der Waals surface area (Å²) >= 11 is 4.74. The maximum Gasteiger partial charge on any atom is 0.338 e. The summed E-state index contributed by atoms with van der Waals surface area (Å²) in [4.78, 5) is 31.7. The molecule has 3 aromatic rings. The summed E-state index contributed by atoms with van der Waals surface area (Å²) < 4.78 is 19.0. The smallest absolute Gasteiger partial charge is 0.338 e. The fourth-order valence-electron chi connectivity index (χ4n) is 3.85. The van der Waals surface area contributed by atoms with E-state index in [1.54, 1.807) is 50.8 Å². The number of aromatic nitrogens is 1. The number of methoxy groups -OCH3 is 2. The van der Waals surface area contributed by atoms with Gasteiger partial charge in [0.25, 0.3) is 5.56 Å². The van der Waals surface area contributed by atoms with Gasteiger partial charge in [-0.3, -0.25) is 9.36 Å². The zero-order valence-electron chi connectivity index (χ0n) is 19.1. The number of hydrogen-bond acceptors (Lipinski definition) is 7. The Kier molecular flexibility index (Phi) is 7.04. The van der Waals surface area contributed by atoms with E-state index >= 15 is 0 Å². The number of carbonyl (C=O) groups is 1. The summed E-state index contributed by atoms with van der Waals surface area (Å²) in [5.74, 6) is 0.827. The fourth-order valence-corrected chi connectivity index (χ4v) is 5.27. The number of ether oxygens (including phenoxy) is 3. The number of fused-ring (bicyclic) bond motifs is 1. The Morgan fingerprint density at radius 1 is 1.18 bits per heavy atom. The lowest BCUT2D eigenvalue weighted by molar-refractivity contribution is -0.139. The van der Waals surface area contributed by atoms with E-state index < -0.39 is 12.0 Å². The second kappa shape index (κ2) is 9.99. The molecule has 7 nitrogen and oxygen atoms in total. The van der Waals surface area contributed by atoms with Gasteiger partial charge < -0.3 is 14.2 Å². The van der Waals surface area contributed by atoms with E-state index in [9.17, 15) is 9.59 Å². The monoisotopic (exact) mass is 542 g/mol. The third-order valence-corrected chi connectivity index (χ3v) is 6.90. The van der Waals surface area contributed by atoms with Crippen molar-refractivity contribution >= 4 is 39.3 Å². The van der Waals surface area contributed by atoms with Crippen LogP contribution in [-0.2, 0) is 9.53 Å². The van der Waals surface area contributed by atoms with Gasteiger partial charge in [0, 0.05) is 10.0 Å². The molecular formula is C25H23BrN2O5S. The van der Waals surface area contributed by atoms with Crippen molar-refractivity contribution in [1.29, 1.82) is 0 Å². The molecule has 1 aliphatic heterocycles. The molecule has 4 rings (SSSR count). The Bertz CT molecular complexity index is 1450. The van der Waals surface area contributed by atoms with Crippen molar-refractivity contribution in [2.45, 2.75) is 19.9 Å². The predicted molar refractivity (Wildman–Crippen MR) is 134 cm³/mol. The second-order valence-corrected chi connectivity index (χ2v) is 9.39. The minimum atomic E-state index is -0.673. The number of rotatable bonds is 6. The lowest BCUT2D eigenvalue weighted by Crippen LogP contribution is -2.39. The van der Waals surface area contributed by atoms with Crippen molar-refractivity contribution < 1.29 is 19.0 Å². The lowest BCUT2D eigenvalue weighted by Gasteiger charge is -2.24. The highest BCUT2D eigenvalue weighted by Crippen LogP contribution is 2.31. The SMILES string of the molecule is CCOC(=O)C1=C(C)N=c2s/c(=C/c3cc(Br)ccc3OC)c(=O)n2[C@@H]1c1ccc(OC)cc1. The first-order valence-electron chi connectivity index (χ1n) is 10.5. The summed E-state index contributed by atoms with van der Waals surface area (Å²) in [6.07, 6.45) is 1.78. The summed E-state index contributed by atoms with van der Waals surface area (Å²) in [6.45, 7) is 3.73. The minimum Gasteiger partial charge on any atom is -0.497 e. The number of allylic oxidation sites excluding steroid dienone is 1. The average Bonchev–Trinajstić information content (AvgIpc) is 3.13. The summed E-state index contributed by atoms with van der Waals surface area (Å²) in [5, 5.41) is 0. The molecule has 0 saturated carbocycles. The van der Waals surface area contributed by atoms with Crippen LogP contribution < -0.4 is 24.4 Å². The number of nitrogens with zero attached hydrogens (tertiary/aromatic N) is 2. The molecule has 0 aliphatic carbocycles. The first-order chi connectivity index (χ1) is 16.4. The van der Waals surface area contributed by atoms with Gasteiger partial charge in [0.2, 0.25) is 0 Å². The highest BCUT2D eigenvalue weighted by Gasteiger charge is 2.33. The highest BCUT2D eigenvalue weighted by molar-refractivity contribution is 9.10. The molecule has 0 amide bonds. The first kappa shape index (κ1) is 24.0. The Hall–Kier alpha value is -3.17. The van der Waals surface area contributed by atoms with Gasteiger partial charge in [-0.05, 0) is 55.8 Å². The van der Waals surface area contributed by atoms with Crippen LogP contribution in [0.15, 0.2) is 68.0 Å². The van der Waals surface area contributed by atoms with Gasteiger partial charge >= 0.3 is 5.97 Å². The van der Waals surface area contributed by atoms with Crippen LogP contribution in [0.5, 0.6) is 11.5 Å². The number of thiazole rings is 1. The molecule has 1 atom stereocenters. The summed E-state index contributed by atoms with van der Waals surface area (Å²) in [5.41, 5.74) is 2.12. The molecule has 176 valence electrons. The standard InChI is InChI=1S/C25H23BrN2O5S/c1-5-33-24(30)21-14(2)27-25-28(22(21)15-6-9-18(31-3)10-7-15)23(29)20(34-25)13-16-12-17(26)8-11-19(16)32-4/h6-13,22H,5H2,1-4H3/b20-13+/t22-/m1/s1. The second-order valence-electron chi connectivity index (χ2n) is 7.46. The number of benzene rings is 2. The normalized spacial score (nSPS) is 15.6. The van der Waals surface area contributed by atoms with Gasteiger partial charge in [-0.2, -0.15) is 0 Å². The van der Waals surface area contributed by atoms with Crippen molar-refractivity contribution in [1.82, 2.24) is 4.57 Å². The molecule has 0 N–H and O–H groups in total. The lowest BCUT2D eigenvalue weighted by atomic mass is 9.96. The minimum absolute atomic E-state index is 0.220. The molecule has 0 fully saturated rings. The molecule has 0 spiro atoms. The Morgan fingerprint density at radius 3 is 2.56 bits per heavy atom. The van der Waals surface area contributed by atoms with E-state index in [0.717, 1.165) is 15.6 Å². The van der Waals surface area contributed by atoms with Gasteiger partial charge in [-0.15, -0.1) is 0 Å². The topological polar surface area (TPSA) is 79.1 Å². The van der Waals surface area contributed by atoms with Crippen molar-refractivity contribution in [3.05, 3.63) is 89.0 Å². The van der Waals surface area contributed by atoms with Gasteiger partial charge in [0.1, 0.15) is 11.5 Å². The first-order valence-corrected chi connectivity index (χ1v) is 12.2. The quantitative estimate of drug-likeness (QED) is 0.445. The molecular weight excluding hydrogens is 520 g/mol. The van der Waals surface area contributed by atoms with Gasteiger partial charge in [0.05, 0.1) is 42.7 Å². The third-order valence-electron chi connectivity index (χ3n) is 5.43. The van der Waals surface area contributed by atoms with E-state index in [-0.39, 0.29) is 12.2 Å². The average molecular weight is 543 g/mol. The molecule has 1 aliphatic rings. The molecule has 9 heteroatoms. The molecule has 34 heavy (non-hydrogen) atoms. The van der Waals surface area contributed by atoms with Crippen molar-refractivity contribution in [3.63, 3.8) is 0 Å². The Labute approximate surface area is 208 Å².